The summed E-state index contributed by atoms with van der Waals surface area (Å²) < 4.78 is 18.6. The first-order valence-electron chi connectivity index (χ1n) is 5.52. The zero-order chi connectivity index (χ0) is 11.3. The summed E-state index contributed by atoms with van der Waals surface area (Å²) in [6.07, 6.45) is 4.35. The summed E-state index contributed by atoms with van der Waals surface area (Å²) in [6.45, 7) is 4.07. The van der Waals surface area contributed by atoms with E-state index in [-0.39, 0.29) is 5.82 Å². The molecule has 84 valence electrons. The number of ether oxygens (including phenoxy) is 1. The molecule has 0 aliphatic rings. The van der Waals surface area contributed by atoms with Crippen molar-refractivity contribution in [3.63, 3.8) is 0 Å². The number of benzene rings is 1. The summed E-state index contributed by atoms with van der Waals surface area (Å²) in [5.74, 6) is 0.167. The Labute approximate surface area is 91.3 Å². The van der Waals surface area contributed by atoms with Gasteiger partial charge in [-0.25, -0.2) is 4.39 Å². The third-order valence-electron chi connectivity index (χ3n) is 2.52. The molecule has 1 nitrogen and oxygen atoms in total. The molecule has 0 atom stereocenters. The molecule has 0 N–H and O–H groups in total. The topological polar surface area (TPSA) is 9.23 Å². The molecule has 0 spiro atoms. The van der Waals surface area contributed by atoms with Crippen molar-refractivity contribution in [1.29, 1.82) is 0 Å². The van der Waals surface area contributed by atoms with Crippen molar-refractivity contribution < 1.29 is 9.13 Å². The van der Waals surface area contributed by atoms with Crippen LogP contribution in [-0.2, 0) is 6.42 Å². The van der Waals surface area contributed by atoms with Crippen molar-refractivity contribution in [2.75, 3.05) is 7.11 Å². The van der Waals surface area contributed by atoms with Crippen LogP contribution in [0.25, 0.3) is 0 Å². The van der Waals surface area contributed by atoms with Crippen molar-refractivity contribution in [1.82, 2.24) is 0 Å². The first-order valence-corrected chi connectivity index (χ1v) is 5.52. The monoisotopic (exact) mass is 210 g/mol. The smallest absolute Gasteiger partial charge is 0.165 e. The van der Waals surface area contributed by atoms with Crippen LogP contribution in [0.15, 0.2) is 12.1 Å². The Hall–Kier alpha value is -1.05. The first-order chi connectivity index (χ1) is 7.19. The third kappa shape index (κ3) is 3.22. The van der Waals surface area contributed by atoms with Gasteiger partial charge < -0.3 is 4.74 Å². The van der Waals surface area contributed by atoms with Crippen LogP contribution in [-0.4, -0.2) is 7.11 Å². The standard InChI is InChI=1S/C13H19FO/c1-4-5-6-7-11-8-10(2)9-12(14)13(11)15-3/h8-9H,4-7H2,1-3H3. The first kappa shape index (κ1) is 12.0. The Morgan fingerprint density at radius 3 is 2.60 bits per heavy atom. The van der Waals surface area contributed by atoms with Gasteiger partial charge in [0.25, 0.3) is 0 Å². The minimum absolute atomic E-state index is 0.246. The average molecular weight is 210 g/mol. The highest BCUT2D eigenvalue weighted by Crippen LogP contribution is 2.25. The SMILES string of the molecule is CCCCCc1cc(C)cc(F)c1OC. The van der Waals surface area contributed by atoms with E-state index in [1.807, 2.05) is 13.0 Å². The van der Waals surface area contributed by atoms with E-state index in [0.717, 1.165) is 24.0 Å². The van der Waals surface area contributed by atoms with E-state index in [0.29, 0.717) is 5.75 Å². The molecule has 0 aromatic heterocycles. The van der Waals surface area contributed by atoms with Crippen LogP contribution in [0.2, 0.25) is 0 Å². The predicted octanol–water partition coefficient (Wildman–Crippen LogP) is 3.88. The van der Waals surface area contributed by atoms with E-state index < -0.39 is 0 Å². The van der Waals surface area contributed by atoms with E-state index >= 15 is 0 Å². The molecule has 0 fully saturated rings. The lowest BCUT2D eigenvalue weighted by molar-refractivity contribution is 0.380. The summed E-state index contributed by atoms with van der Waals surface area (Å²) in [5.41, 5.74) is 1.95. The van der Waals surface area contributed by atoms with Gasteiger partial charge in [-0.1, -0.05) is 25.8 Å². The molecule has 0 unspecified atom stereocenters. The van der Waals surface area contributed by atoms with E-state index in [4.69, 9.17) is 4.74 Å². The number of methoxy groups -OCH3 is 1. The van der Waals surface area contributed by atoms with E-state index in [1.165, 1.54) is 26.0 Å². The highest BCUT2D eigenvalue weighted by Gasteiger charge is 2.09. The Bertz CT molecular complexity index is 321. The van der Waals surface area contributed by atoms with Gasteiger partial charge in [-0.05, 0) is 37.0 Å². The lowest BCUT2D eigenvalue weighted by Crippen LogP contribution is -1.97. The molecule has 2 heteroatoms. The van der Waals surface area contributed by atoms with Gasteiger partial charge >= 0.3 is 0 Å². The number of unbranched alkanes of at least 4 members (excludes halogenated alkanes) is 2. The molecule has 0 aliphatic heterocycles. The highest BCUT2D eigenvalue weighted by atomic mass is 19.1. The van der Waals surface area contributed by atoms with Crippen molar-refractivity contribution in [2.45, 2.75) is 39.5 Å². The number of aryl methyl sites for hydroxylation is 2. The second-order valence-electron chi connectivity index (χ2n) is 3.90. The summed E-state index contributed by atoms with van der Waals surface area (Å²) >= 11 is 0. The minimum atomic E-state index is -0.246. The van der Waals surface area contributed by atoms with Crippen LogP contribution in [0.3, 0.4) is 0 Å². The van der Waals surface area contributed by atoms with E-state index in [2.05, 4.69) is 6.92 Å². The van der Waals surface area contributed by atoms with Gasteiger partial charge in [0.2, 0.25) is 0 Å². The van der Waals surface area contributed by atoms with Gasteiger partial charge in [0.1, 0.15) is 0 Å². The quantitative estimate of drug-likeness (QED) is 0.670. The zero-order valence-corrected chi connectivity index (χ0v) is 9.77. The fourth-order valence-corrected chi connectivity index (χ4v) is 1.78. The third-order valence-corrected chi connectivity index (χ3v) is 2.52. The second kappa shape index (κ2) is 5.74. The maximum atomic E-state index is 13.5. The minimum Gasteiger partial charge on any atom is -0.493 e. The number of rotatable bonds is 5. The van der Waals surface area contributed by atoms with Gasteiger partial charge in [-0.2, -0.15) is 0 Å². The Morgan fingerprint density at radius 2 is 2.00 bits per heavy atom. The zero-order valence-electron chi connectivity index (χ0n) is 9.77. The molecule has 0 heterocycles. The molecule has 0 saturated carbocycles. The van der Waals surface area contributed by atoms with Crippen molar-refractivity contribution in [3.8, 4) is 5.75 Å². The van der Waals surface area contributed by atoms with Crippen molar-refractivity contribution in [3.05, 3.63) is 29.1 Å². The Balaban J connectivity index is 2.84. The summed E-state index contributed by atoms with van der Waals surface area (Å²) in [4.78, 5) is 0. The molecule has 0 saturated heterocycles. The predicted molar refractivity (Wildman–Crippen MR) is 60.9 cm³/mol. The molecule has 1 aromatic carbocycles. The Morgan fingerprint density at radius 1 is 1.27 bits per heavy atom. The molecule has 1 aromatic rings. The second-order valence-corrected chi connectivity index (χ2v) is 3.90. The molecule has 0 radical (unpaired) electrons. The maximum Gasteiger partial charge on any atom is 0.165 e. The lowest BCUT2D eigenvalue weighted by atomic mass is 10.0. The lowest BCUT2D eigenvalue weighted by Gasteiger charge is -2.10. The molecule has 1 rings (SSSR count). The number of halogens is 1. The fraction of sp³-hybridized carbons (Fsp3) is 0.538. The number of hydrogen-bond acceptors (Lipinski definition) is 1. The van der Waals surface area contributed by atoms with Crippen LogP contribution in [0.1, 0.15) is 37.3 Å². The van der Waals surface area contributed by atoms with Crippen LogP contribution in [0, 0.1) is 12.7 Å². The number of hydrogen-bond donors (Lipinski definition) is 0. The van der Waals surface area contributed by atoms with Crippen molar-refractivity contribution >= 4 is 0 Å². The molecule has 0 bridgehead atoms. The van der Waals surface area contributed by atoms with Crippen molar-refractivity contribution in [2.24, 2.45) is 0 Å². The van der Waals surface area contributed by atoms with Gasteiger partial charge in [0, 0.05) is 0 Å². The fourth-order valence-electron chi connectivity index (χ4n) is 1.78. The Kier molecular flexibility index (Phi) is 4.60. The normalized spacial score (nSPS) is 10.4. The van der Waals surface area contributed by atoms with Gasteiger partial charge in [0.15, 0.2) is 11.6 Å². The van der Waals surface area contributed by atoms with Crippen LogP contribution >= 0.6 is 0 Å². The molecular formula is C13H19FO. The largest absolute Gasteiger partial charge is 0.493 e. The molecule has 0 aliphatic carbocycles. The van der Waals surface area contributed by atoms with Gasteiger partial charge in [-0.3, -0.25) is 0 Å². The summed E-state index contributed by atoms with van der Waals surface area (Å²) in [7, 11) is 1.52. The molecule has 0 amide bonds. The van der Waals surface area contributed by atoms with Crippen LogP contribution < -0.4 is 4.74 Å². The molecular weight excluding hydrogens is 191 g/mol. The van der Waals surface area contributed by atoms with Crippen LogP contribution in [0.4, 0.5) is 4.39 Å². The maximum absolute atomic E-state index is 13.5. The van der Waals surface area contributed by atoms with E-state index in [9.17, 15) is 4.39 Å². The van der Waals surface area contributed by atoms with Gasteiger partial charge in [-0.15, -0.1) is 0 Å². The average Bonchev–Trinajstić information content (AvgIpc) is 2.17. The van der Waals surface area contributed by atoms with Gasteiger partial charge in [0.05, 0.1) is 7.11 Å². The summed E-state index contributed by atoms with van der Waals surface area (Å²) in [5, 5.41) is 0. The van der Waals surface area contributed by atoms with E-state index in [1.54, 1.807) is 0 Å². The summed E-state index contributed by atoms with van der Waals surface area (Å²) in [6, 6.07) is 3.53. The van der Waals surface area contributed by atoms with Crippen LogP contribution in [0.5, 0.6) is 5.75 Å². The highest BCUT2D eigenvalue weighted by molar-refractivity contribution is 5.38. The molecule has 15 heavy (non-hydrogen) atoms.